The fourth-order valence-electron chi connectivity index (χ4n) is 2.14. The van der Waals surface area contributed by atoms with Crippen molar-refractivity contribution < 1.29 is 0 Å². The van der Waals surface area contributed by atoms with Crippen LogP contribution in [-0.4, -0.2) is 43.6 Å². The molecule has 20 heavy (non-hydrogen) atoms. The summed E-state index contributed by atoms with van der Waals surface area (Å²) in [4.78, 5) is 9.36. The van der Waals surface area contributed by atoms with E-state index in [0.29, 0.717) is 11.8 Å². The van der Waals surface area contributed by atoms with E-state index in [4.69, 9.17) is 16.6 Å². The third-order valence-electron chi connectivity index (χ3n) is 3.38. The number of rotatable bonds is 8. The van der Waals surface area contributed by atoms with Gasteiger partial charge in [-0.25, -0.2) is 4.98 Å². The highest BCUT2D eigenvalue weighted by atomic mass is 35.5. The van der Waals surface area contributed by atoms with Gasteiger partial charge < -0.3 is 9.80 Å². The van der Waals surface area contributed by atoms with Crippen LogP contribution in [0.1, 0.15) is 44.4 Å². The van der Waals surface area contributed by atoms with E-state index in [9.17, 15) is 0 Å². The Hall–Kier alpha value is -0.800. The third kappa shape index (κ3) is 5.29. The normalized spacial score (nSPS) is 11.4. The number of hydrogen-bond donors (Lipinski definition) is 0. The number of aromatic nitrogens is 1. The van der Waals surface area contributed by atoms with Crippen LogP contribution in [0.25, 0.3) is 0 Å². The van der Waals surface area contributed by atoms with Crippen molar-refractivity contribution in [1.29, 1.82) is 0 Å². The second-order valence-electron chi connectivity index (χ2n) is 5.78. The van der Waals surface area contributed by atoms with Crippen molar-refractivity contribution in [2.75, 3.05) is 38.6 Å². The number of pyridine rings is 1. The summed E-state index contributed by atoms with van der Waals surface area (Å²) < 4.78 is 0. The van der Waals surface area contributed by atoms with E-state index in [1.807, 2.05) is 0 Å². The van der Waals surface area contributed by atoms with Crippen molar-refractivity contribution in [3.05, 3.63) is 23.4 Å². The lowest BCUT2D eigenvalue weighted by molar-refractivity contribution is 0.400. The standard InChI is InChI=1S/C16H28ClN3/c1-6-20(9-7-8-19(4)5)16-11-14(12-17)10-15(18-16)13(2)3/h10-11,13H,6-9,12H2,1-5H3. The number of anilines is 1. The molecule has 0 unspecified atom stereocenters. The Labute approximate surface area is 128 Å². The maximum absolute atomic E-state index is 6.02. The van der Waals surface area contributed by atoms with Crippen LogP contribution in [0.4, 0.5) is 5.82 Å². The molecule has 0 bridgehead atoms. The first-order valence-corrected chi connectivity index (χ1v) is 7.97. The Morgan fingerprint density at radius 3 is 2.40 bits per heavy atom. The molecule has 0 aliphatic rings. The summed E-state index contributed by atoms with van der Waals surface area (Å²) in [6, 6.07) is 4.24. The fraction of sp³-hybridized carbons (Fsp3) is 0.688. The number of hydrogen-bond acceptors (Lipinski definition) is 3. The second-order valence-corrected chi connectivity index (χ2v) is 6.05. The molecular formula is C16H28ClN3. The second kappa shape index (κ2) is 8.48. The highest BCUT2D eigenvalue weighted by Crippen LogP contribution is 2.21. The van der Waals surface area contributed by atoms with Gasteiger partial charge in [0.25, 0.3) is 0 Å². The molecule has 0 aliphatic carbocycles. The Balaban J connectivity index is 2.87. The summed E-state index contributed by atoms with van der Waals surface area (Å²) in [5.74, 6) is 2.04. The van der Waals surface area contributed by atoms with Gasteiger partial charge in [-0.05, 0) is 57.6 Å². The lowest BCUT2D eigenvalue weighted by Crippen LogP contribution is -2.28. The average molecular weight is 298 g/mol. The third-order valence-corrected chi connectivity index (χ3v) is 3.68. The van der Waals surface area contributed by atoms with E-state index in [1.54, 1.807) is 0 Å². The largest absolute Gasteiger partial charge is 0.357 e. The van der Waals surface area contributed by atoms with Crippen LogP contribution in [0.3, 0.4) is 0 Å². The van der Waals surface area contributed by atoms with E-state index in [2.05, 4.69) is 56.8 Å². The van der Waals surface area contributed by atoms with Gasteiger partial charge in [0.2, 0.25) is 0 Å². The zero-order chi connectivity index (χ0) is 15.1. The minimum absolute atomic E-state index is 0.428. The summed E-state index contributed by atoms with van der Waals surface area (Å²) in [7, 11) is 4.22. The predicted octanol–water partition coefficient (Wildman–Crippen LogP) is 3.72. The van der Waals surface area contributed by atoms with Crippen molar-refractivity contribution in [2.45, 2.75) is 39.0 Å². The maximum atomic E-state index is 6.02. The Morgan fingerprint density at radius 1 is 1.20 bits per heavy atom. The van der Waals surface area contributed by atoms with E-state index < -0.39 is 0 Å². The van der Waals surface area contributed by atoms with Gasteiger partial charge in [0.15, 0.2) is 0 Å². The van der Waals surface area contributed by atoms with E-state index in [1.165, 1.54) is 0 Å². The van der Waals surface area contributed by atoms with Crippen LogP contribution < -0.4 is 4.90 Å². The average Bonchev–Trinajstić information content (AvgIpc) is 2.42. The minimum atomic E-state index is 0.428. The van der Waals surface area contributed by atoms with Gasteiger partial charge in [-0.15, -0.1) is 11.6 Å². The molecule has 0 aliphatic heterocycles. The summed E-state index contributed by atoms with van der Waals surface area (Å²) in [6.07, 6.45) is 1.14. The molecule has 0 saturated carbocycles. The first kappa shape index (κ1) is 17.3. The molecule has 0 spiro atoms. The van der Waals surface area contributed by atoms with Gasteiger partial charge in [0.05, 0.1) is 0 Å². The molecule has 1 aromatic rings. The van der Waals surface area contributed by atoms with Gasteiger partial charge in [0, 0.05) is 24.7 Å². The summed E-state index contributed by atoms with van der Waals surface area (Å²) >= 11 is 6.02. The smallest absolute Gasteiger partial charge is 0.129 e. The first-order valence-electron chi connectivity index (χ1n) is 7.44. The van der Waals surface area contributed by atoms with E-state index >= 15 is 0 Å². The molecule has 3 nitrogen and oxygen atoms in total. The molecular weight excluding hydrogens is 270 g/mol. The van der Waals surface area contributed by atoms with Crippen molar-refractivity contribution in [2.24, 2.45) is 0 Å². The van der Waals surface area contributed by atoms with Gasteiger partial charge in [0.1, 0.15) is 5.82 Å². The molecule has 1 aromatic heterocycles. The number of nitrogens with zero attached hydrogens (tertiary/aromatic N) is 3. The quantitative estimate of drug-likeness (QED) is 0.682. The monoisotopic (exact) mass is 297 g/mol. The molecule has 0 atom stereocenters. The molecule has 1 heterocycles. The lowest BCUT2D eigenvalue weighted by Gasteiger charge is -2.24. The van der Waals surface area contributed by atoms with Crippen LogP contribution in [-0.2, 0) is 5.88 Å². The van der Waals surface area contributed by atoms with E-state index in [-0.39, 0.29) is 0 Å². The Bertz CT molecular complexity index is 405. The minimum Gasteiger partial charge on any atom is -0.357 e. The van der Waals surface area contributed by atoms with Crippen LogP contribution in [0.5, 0.6) is 0 Å². The molecule has 0 amide bonds. The molecule has 0 N–H and O–H groups in total. The van der Waals surface area contributed by atoms with Crippen molar-refractivity contribution in [1.82, 2.24) is 9.88 Å². The van der Waals surface area contributed by atoms with Gasteiger partial charge in [-0.2, -0.15) is 0 Å². The highest BCUT2D eigenvalue weighted by Gasteiger charge is 2.11. The van der Waals surface area contributed by atoms with Gasteiger partial charge in [-0.3, -0.25) is 0 Å². The molecule has 0 saturated heterocycles. The summed E-state index contributed by atoms with van der Waals surface area (Å²) in [6.45, 7) is 9.63. The van der Waals surface area contributed by atoms with Gasteiger partial charge in [-0.1, -0.05) is 13.8 Å². The van der Waals surface area contributed by atoms with Crippen LogP contribution in [0.2, 0.25) is 0 Å². The van der Waals surface area contributed by atoms with Crippen molar-refractivity contribution in [3.63, 3.8) is 0 Å². The summed E-state index contributed by atoms with van der Waals surface area (Å²) in [5.41, 5.74) is 2.29. The van der Waals surface area contributed by atoms with E-state index in [0.717, 1.165) is 43.1 Å². The molecule has 0 aromatic carbocycles. The zero-order valence-electron chi connectivity index (χ0n) is 13.5. The van der Waals surface area contributed by atoms with Crippen LogP contribution in [0.15, 0.2) is 12.1 Å². The first-order chi connectivity index (χ1) is 9.47. The molecule has 4 heteroatoms. The zero-order valence-corrected chi connectivity index (χ0v) is 14.2. The topological polar surface area (TPSA) is 19.4 Å². The van der Waals surface area contributed by atoms with Crippen molar-refractivity contribution >= 4 is 17.4 Å². The molecule has 114 valence electrons. The SMILES string of the molecule is CCN(CCCN(C)C)c1cc(CCl)cc(C(C)C)n1. The lowest BCUT2D eigenvalue weighted by atomic mass is 10.1. The predicted molar refractivity (Wildman–Crippen MR) is 88.9 cm³/mol. The van der Waals surface area contributed by atoms with Crippen LogP contribution in [0, 0.1) is 0 Å². The van der Waals surface area contributed by atoms with Crippen LogP contribution >= 0.6 is 11.6 Å². The highest BCUT2D eigenvalue weighted by molar-refractivity contribution is 6.17. The Morgan fingerprint density at radius 2 is 1.90 bits per heavy atom. The maximum Gasteiger partial charge on any atom is 0.129 e. The Kier molecular flexibility index (Phi) is 7.31. The molecule has 1 rings (SSSR count). The van der Waals surface area contributed by atoms with Crippen molar-refractivity contribution in [3.8, 4) is 0 Å². The summed E-state index contributed by atoms with van der Waals surface area (Å²) in [5, 5.41) is 0. The van der Waals surface area contributed by atoms with Gasteiger partial charge >= 0.3 is 0 Å². The number of halogens is 1. The molecule has 0 fully saturated rings. The fourth-order valence-corrected chi connectivity index (χ4v) is 2.30. The number of alkyl halides is 1. The molecule has 0 radical (unpaired) electrons.